The van der Waals surface area contributed by atoms with E-state index in [-0.39, 0.29) is 12.8 Å². The molecule has 0 atom stereocenters. The van der Waals surface area contributed by atoms with Crippen molar-refractivity contribution in [2.75, 3.05) is 0 Å². The highest BCUT2D eigenvalue weighted by atomic mass is 79.9. The van der Waals surface area contributed by atoms with Crippen molar-refractivity contribution in [1.29, 1.82) is 0 Å². The predicted octanol–water partition coefficient (Wildman–Crippen LogP) is 2.21. The molecule has 6 nitrogen and oxygen atoms in total. The molecule has 0 saturated heterocycles. The fourth-order valence-corrected chi connectivity index (χ4v) is 1.81. The van der Waals surface area contributed by atoms with Crippen LogP contribution in [-0.2, 0) is 9.53 Å². The third-order valence-corrected chi connectivity index (χ3v) is 2.95. The molecule has 0 aromatic heterocycles. The fraction of sp³-hybridized carbons (Fsp3) is 0.400. The molecule has 0 aliphatic rings. The van der Waals surface area contributed by atoms with Crippen LogP contribution in [0.1, 0.15) is 39.2 Å². The molecule has 7 heteroatoms. The van der Waals surface area contributed by atoms with Crippen LogP contribution in [0.5, 0.6) is 0 Å². The number of carbonyl (C=O) groups excluding carboxylic acids is 2. The summed E-state index contributed by atoms with van der Waals surface area (Å²) in [5.41, 5.74) is 2.78. The standard InChI is InChI=1S/C15H19BrN2O4/c1-15(2,3)22-14(21)18-17-12(8-9-13(19)20)10-4-6-11(16)7-5-10/h4-7H,8-9H2,1-3H3,(H,18,21)(H,19,20)/p-1/b17-12-. The molecule has 0 spiro atoms. The van der Waals surface area contributed by atoms with E-state index in [9.17, 15) is 14.7 Å². The molecule has 1 rings (SSSR count). The number of amides is 1. The van der Waals surface area contributed by atoms with E-state index in [0.29, 0.717) is 11.3 Å². The van der Waals surface area contributed by atoms with Crippen LogP contribution < -0.4 is 10.5 Å². The minimum atomic E-state index is -1.18. The van der Waals surface area contributed by atoms with E-state index in [0.717, 1.165) is 4.47 Å². The Labute approximate surface area is 137 Å². The molecule has 1 aromatic rings. The molecule has 0 aliphatic heterocycles. The second kappa shape index (κ2) is 7.93. The van der Waals surface area contributed by atoms with Crippen molar-refractivity contribution < 1.29 is 19.4 Å². The van der Waals surface area contributed by atoms with Gasteiger partial charge in [-0.2, -0.15) is 5.10 Å². The van der Waals surface area contributed by atoms with Gasteiger partial charge in [0.25, 0.3) is 0 Å². The zero-order chi connectivity index (χ0) is 16.8. The van der Waals surface area contributed by atoms with Crippen molar-refractivity contribution in [3.63, 3.8) is 0 Å². The third-order valence-electron chi connectivity index (χ3n) is 2.42. The molecule has 0 saturated carbocycles. The van der Waals surface area contributed by atoms with Gasteiger partial charge in [-0.25, -0.2) is 10.2 Å². The summed E-state index contributed by atoms with van der Waals surface area (Å²) in [7, 11) is 0. The lowest BCUT2D eigenvalue weighted by Gasteiger charge is -2.18. The number of hydrogen-bond donors (Lipinski definition) is 1. The van der Waals surface area contributed by atoms with Gasteiger partial charge in [-0.15, -0.1) is 0 Å². The van der Waals surface area contributed by atoms with E-state index in [1.165, 1.54) is 0 Å². The topological polar surface area (TPSA) is 90.8 Å². The Morgan fingerprint density at radius 1 is 1.23 bits per heavy atom. The number of hydrogen-bond acceptors (Lipinski definition) is 5. The molecular formula is C15H18BrN2O4-. The van der Waals surface area contributed by atoms with Gasteiger partial charge in [-0.05, 0) is 51.3 Å². The molecule has 0 radical (unpaired) electrons. The van der Waals surface area contributed by atoms with Crippen molar-refractivity contribution in [1.82, 2.24) is 5.43 Å². The van der Waals surface area contributed by atoms with E-state index < -0.39 is 17.7 Å². The number of nitrogens with zero attached hydrogens (tertiary/aromatic N) is 1. The van der Waals surface area contributed by atoms with E-state index in [2.05, 4.69) is 26.5 Å². The Balaban J connectivity index is 2.85. The second-order valence-corrected chi connectivity index (χ2v) is 6.47. The van der Waals surface area contributed by atoms with Crippen LogP contribution in [0.2, 0.25) is 0 Å². The number of halogens is 1. The maximum Gasteiger partial charge on any atom is 0.428 e. The predicted molar refractivity (Wildman–Crippen MR) is 84.3 cm³/mol. The lowest BCUT2D eigenvalue weighted by molar-refractivity contribution is -0.305. The van der Waals surface area contributed by atoms with Crippen LogP contribution in [0, 0.1) is 0 Å². The second-order valence-electron chi connectivity index (χ2n) is 5.55. The smallest absolute Gasteiger partial charge is 0.428 e. The van der Waals surface area contributed by atoms with E-state index in [1.54, 1.807) is 45.0 Å². The van der Waals surface area contributed by atoms with Gasteiger partial charge in [0.2, 0.25) is 0 Å². The third kappa shape index (κ3) is 7.21. The van der Waals surface area contributed by atoms with Crippen molar-refractivity contribution >= 4 is 33.7 Å². The van der Waals surface area contributed by atoms with Crippen LogP contribution in [0.3, 0.4) is 0 Å². The Morgan fingerprint density at radius 3 is 2.32 bits per heavy atom. The van der Waals surface area contributed by atoms with Gasteiger partial charge in [0.15, 0.2) is 0 Å². The van der Waals surface area contributed by atoms with Crippen LogP contribution in [0.15, 0.2) is 33.8 Å². The molecule has 120 valence electrons. The number of aliphatic carboxylic acids is 1. The molecule has 0 aliphatic carbocycles. The van der Waals surface area contributed by atoms with E-state index in [1.807, 2.05) is 0 Å². The number of rotatable bonds is 5. The van der Waals surface area contributed by atoms with Gasteiger partial charge in [-0.1, -0.05) is 28.1 Å². The van der Waals surface area contributed by atoms with Crippen molar-refractivity contribution in [2.24, 2.45) is 5.10 Å². The lowest BCUT2D eigenvalue weighted by atomic mass is 10.1. The number of carboxylic acid groups (broad SMARTS) is 1. The number of ether oxygens (including phenoxy) is 1. The fourth-order valence-electron chi connectivity index (χ4n) is 1.54. The maximum absolute atomic E-state index is 11.6. The molecule has 1 amide bonds. The summed E-state index contributed by atoms with van der Waals surface area (Å²) in [6.07, 6.45) is -0.749. The molecule has 0 unspecified atom stereocenters. The molecule has 0 bridgehead atoms. The van der Waals surface area contributed by atoms with E-state index in [4.69, 9.17) is 4.74 Å². The molecule has 1 aromatic carbocycles. The SMILES string of the molecule is CC(C)(C)OC(=O)N/N=C(/CCC(=O)[O-])c1ccc(Br)cc1. The van der Waals surface area contributed by atoms with Crippen molar-refractivity contribution in [3.8, 4) is 0 Å². The van der Waals surface area contributed by atoms with Crippen LogP contribution >= 0.6 is 15.9 Å². The highest BCUT2D eigenvalue weighted by Gasteiger charge is 2.16. The molecule has 1 N–H and O–H groups in total. The molecular weight excluding hydrogens is 352 g/mol. The first-order chi connectivity index (χ1) is 10.2. The Kier molecular flexibility index (Phi) is 6.55. The van der Waals surface area contributed by atoms with Gasteiger partial charge in [0, 0.05) is 10.4 Å². The van der Waals surface area contributed by atoms with Crippen molar-refractivity contribution in [2.45, 2.75) is 39.2 Å². The first-order valence-corrected chi connectivity index (χ1v) is 7.48. The van der Waals surface area contributed by atoms with Crippen LogP contribution in [0.4, 0.5) is 4.79 Å². The van der Waals surface area contributed by atoms with Gasteiger partial charge >= 0.3 is 6.09 Å². The molecule has 0 heterocycles. The largest absolute Gasteiger partial charge is 0.550 e. The van der Waals surface area contributed by atoms with E-state index >= 15 is 0 Å². The quantitative estimate of drug-likeness (QED) is 0.636. The highest BCUT2D eigenvalue weighted by molar-refractivity contribution is 9.10. The first-order valence-electron chi connectivity index (χ1n) is 6.69. The lowest BCUT2D eigenvalue weighted by Crippen LogP contribution is -2.30. The maximum atomic E-state index is 11.6. The van der Waals surface area contributed by atoms with Gasteiger partial charge in [0.05, 0.1) is 5.71 Å². The summed E-state index contributed by atoms with van der Waals surface area (Å²) >= 11 is 3.32. The Bertz CT molecular complexity index is 562. The molecule has 0 fully saturated rings. The zero-order valence-corrected chi connectivity index (χ0v) is 14.3. The zero-order valence-electron chi connectivity index (χ0n) is 12.7. The highest BCUT2D eigenvalue weighted by Crippen LogP contribution is 2.13. The monoisotopic (exact) mass is 369 g/mol. The minimum Gasteiger partial charge on any atom is -0.550 e. The summed E-state index contributed by atoms with van der Waals surface area (Å²) in [5, 5.41) is 14.6. The average Bonchev–Trinajstić information content (AvgIpc) is 2.38. The summed E-state index contributed by atoms with van der Waals surface area (Å²) in [4.78, 5) is 22.2. The average molecular weight is 370 g/mol. The van der Waals surface area contributed by atoms with Crippen molar-refractivity contribution in [3.05, 3.63) is 34.3 Å². The number of nitrogens with one attached hydrogen (secondary N) is 1. The Morgan fingerprint density at radius 2 is 1.82 bits per heavy atom. The minimum absolute atomic E-state index is 0.139. The summed E-state index contributed by atoms with van der Waals surface area (Å²) in [6.45, 7) is 5.21. The van der Waals surface area contributed by atoms with Crippen LogP contribution in [-0.4, -0.2) is 23.4 Å². The van der Waals surface area contributed by atoms with Crippen LogP contribution in [0.25, 0.3) is 0 Å². The summed E-state index contributed by atoms with van der Waals surface area (Å²) < 4.78 is 5.96. The first kappa shape index (κ1) is 18.2. The summed E-state index contributed by atoms with van der Waals surface area (Å²) in [5.74, 6) is -1.18. The number of carboxylic acids is 1. The Hall–Kier alpha value is -1.89. The normalized spacial score (nSPS) is 11.9. The van der Waals surface area contributed by atoms with Gasteiger partial charge in [-0.3, -0.25) is 0 Å². The van der Waals surface area contributed by atoms with Gasteiger partial charge < -0.3 is 14.6 Å². The number of carbonyl (C=O) groups is 2. The number of hydrazone groups is 1. The molecule has 22 heavy (non-hydrogen) atoms. The number of benzene rings is 1. The summed E-state index contributed by atoms with van der Waals surface area (Å²) in [6, 6.07) is 7.15. The van der Waals surface area contributed by atoms with Gasteiger partial charge in [0.1, 0.15) is 5.60 Å².